The van der Waals surface area contributed by atoms with Gasteiger partial charge in [0.2, 0.25) is 10.4 Å². The Morgan fingerprint density at radius 1 is 0.468 bits per heavy atom. The number of allylic oxidation sites excluding steroid dienone is 1. The molecule has 0 saturated carbocycles. The Morgan fingerprint density at radius 2 is 0.745 bits per heavy atom. The minimum absolute atomic E-state index is 0. The van der Waals surface area contributed by atoms with Gasteiger partial charge in [-0.1, -0.05) is 231 Å². The van der Waals surface area contributed by atoms with Gasteiger partial charge in [-0.05, 0) is 19.3 Å². The molecule has 0 aliphatic heterocycles. The zero-order valence-corrected chi connectivity index (χ0v) is 35.0. The van der Waals surface area contributed by atoms with Crippen LogP contribution in [0.3, 0.4) is 0 Å². The van der Waals surface area contributed by atoms with E-state index in [0.29, 0.717) is 0 Å². The third kappa shape index (κ3) is 44.6. The van der Waals surface area contributed by atoms with Crippen molar-refractivity contribution in [3.63, 3.8) is 0 Å². The fourth-order valence-corrected chi connectivity index (χ4v) is 6.98. The molecule has 0 radical (unpaired) electrons. The molecule has 0 aliphatic rings. The van der Waals surface area contributed by atoms with Crippen LogP contribution in [-0.2, 0) is 14.6 Å². The van der Waals surface area contributed by atoms with Crippen LogP contribution in [0.25, 0.3) is 0 Å². The number of rotatable bonds is 39. The molecule has 0 heterocycles. The Balaban J connectivity index is 0. The van der Waals surface area contributed by atoms with E-state index in [1.165, 1.54) is 205 Å². The quantitative estimate of drug-likeness (QED) is 0.0211. The van der Waals surface area contributed by atoms with Crippen molar-refractivity contribution in [2.45, 2.75) is 239 Å². The topological polar surface area (TPSA) is 66.4 Å². The zero-order valence-electron chi connectivity index (χ0n) is 32.2. The first-order valence-corrected chi connectivity index (χ1v) is 22.1. The van der Waals surface area contributed by atoms with Crippen LogP contribution in [0.4, 0.5) is 0 Å². The summed E-state index contributed by atoms with van der Waals surface area (Å²) in [4.78, 5) is 0. The van der Waals surface area contributed by atoms with Crippen molar-refractivity contribution in [1.82, 2.24) is 0 Å². The second kappa shape index (κ2) is 41.0. The number of hydrogen-bond donors (Lipinski definition) is 0. The third-order valence-electron chi connectivity index (χ3n) is 9.74. The predicted octanol–water partition coefficient (Wildman–Crippen LogP) is 11.3. The van der Waals surface area contributed by atoms with E-state index in [1.54, 1.807) is 0 Å². The molecule has 0 aromatic carbocycles. The summed E-state index contributed by atoms with van der Waals surface area (Å²) in [5.41, 5.74) is 0. The number of hydrogen-bond acceptors (Lipinski definition) is 4. The molecule has 0 amide bonds. The predicted molar refractivity (Wildman–Crippen MR) is 201 cm³/mol. The van der Waals surface area contributed by atoms with Crippen LogP contribution in [0.1, 0.15) is 239 Å². The first kappa shape index (κ1) is 49.7. The van der Waals surface area contributed by atoms with Gasteiger partial charge in [-0.2, -0.15) is 0 Å². The SMILES string of the molecule is CCCCCCCCCCCCCCCCCCC/C=C/C(CCCCCCCCCCCCCCCCCC)COS(=O)(=O)[O-].[Na+]. The van der Waals surface area contributed by atoms with Crippen molar-refractivity contribution in [2.24, 2.45) is 5.92 Å². The van der Waals surface area contributed by atoms with Crippen LogP contribution in [0.15, 0.2) is 12.2 Å². The summed E-state index contributed by atoms with van der Waals surface area (Å²) in [6.45, 7) is 4.55. The third-order valence-corrected chi connectivity index (χ3v) is 10.2. The molecule has 0 saturated heterocycles. The summed E-state index contributed by atoms with van der Waals surface area (Å²) in [6.07, 6.45) is 51.2. The van der Waals surface area contributed by atoms with E-state index < -0.39 is 10.4 Å². The van der Waals surface area contributed by atoms with Crippen molar-refractivity contribution in [3.8, 4) is 0 Å². The fraction of sp³-hybridized carbons (Fsp3) is 0.951. The van der Waals surface area contributed by atoms with Gasteiger partial charge in [-0.25, -0.2) is 8.42 Å². The Kier molecular flexibility index (Phi) is 43.4. The maximum absolute atomic E-state index is 11.0. The standard InChI is InChI=1S/C41H82O4S.Na/c1-3-5-7-9-11-13-15-17-19-21-22-23-25-27-29-31-33-35-37-39-41(40-45-46(42,43)44)38-36-34-32-30-28-26-24-20-18-16-14-12-10-8-6-4-2;/h37,39,41H,3-36,38,40H2,1-2H3,(H,42,43,44);/q;+1/p-1/b39-37+;. The minimum atomic E-state index is -4.63. The average Bonchev–Trinajstić information content (AvgIpc) is 3.03. The second-order valence-corrected chi connectivity index (χ2v) is 15.5. The summed E-state index contributed by atoms with van der Waals surface area (Å²) in [5, 5.41) is 0. The van der Waals surface area contributed by atoms with Crippen molar-refractivity contribution in [2.75, 3.05) is 6.61 Å². The Labute approximate surface area is 318 Å². The van der Waals surface area contributed by atoms with Crippen LogP contribution in [-0.4, -0.2) is 19.6 Å². The zero-order chi connectivity index (χ0) is 33.7. The van der Waals surface area contributed by atoms with Gasteiger partial charge in [-0.3, -0.25) is 4.18 Å². The number of unbranched alkanes of at least 4 members (excludes halogenated alkanes) is 32. The van der Waals surface area contributed by atoms with Crippen molar-refractivity contribution >= 4 is 10.4 Å². The van der Waals surface area contributed by atoms with E-state index in [-0.39, 0.29) is 42.1 Å². The Morgan fingerprint density at radius 3 is 1.04 bits per heavy atom. The molecule has 47 heavy (non-hydrogen) atoms. The summed E-state index contributed by atoms with van der Waals surface area (Å²) in [6, 6.07) is 0. The molecule has 0 spiro atoms. The van der Waals surface area contributed by atoms with Crippen LogP contribution in [0, 0.1) is 5.92 Å². The van der Waals surface area contributed by atoms with Crippen LogP contribution in [0.5, 0.6) is 0 Å². The van der Waals surface area contributed by atoms with Crippen LogP contribution < -0.4 is 29.6 Å². The van der Waals surface area contributed by atoms with Crippen LogP contribution >= 0.6 is 0 Å². The molecular weight excluding hydrogens is 612 g/mol. The van der Waals surface area contributed by atoms with Crippen LogP contribution in [0.2, 0.25) is 0 Å². The van der Waals surface area contributed by atoms with Gasteiger partial charge in [0.15, 0.2) is 0 Å². The maximum Gasteiger partial charge on any atom is 1.00 e. The molecule has 1 atom stereocenters. The van der Waals surface area contributed by atoms with Gasteiger partial charge in [0.25, 0.3) is 0 Å². The fourth-order valence-electron chi connectivity index (χ4n) is 6.64. The summed E-state index contributed by atoms with van der Waals surface area (Å²) in [7, 11) is -4.63. The van der Waals surface area contributed by atoms with Crippen molar-refractivity contribution < 1.29 is 46.7 Å². The first-order valence-electron chi connectivity index (χ1n) is 20.8. The Hall–Kier alpha value is 0.610. The first-order chi connectivity index (χ1) is 22.5. The van der Waals surface area contributed by atoms with E-state index in [0.717, 1.165) is 19.3 Å². The molecule has 0 rings (SSSR count). The molecule has 0 bridgehead atoms. The van der Waals surface area contributed by atoms with Gasteiger partial charge in [0.1, 0.15) is 0 Å². The Bertz CT molecular complexity index is 712. The summed E-state index contributed by atoms with van der Waals surface area (Å²) >= 11 is 0. The summed E-state index contributed by atoms with van der Waals surface area (Å²) < 4.78 is 37.6. The molecule has 6 heteroatoms. The molecular formula is C41H81NaO4S. The molecule has 0 aromatic rings. The van der Waals surface area contributed by atoms with Gasteiger partial charge in [0.05, 0.1) is 6.61 Å². The molecule has 0 aromatic heterocycles. The summed E-state index contributed by atoms with van der Waals surface area (Å²) in [5.74, 6) is 0.0150. The van der Waals surface area contributed by atoms with E-state index in [4.69, 9.17) is 0 Å². The molecule has 0 aliphatic carbocycles. The van der Waals surface area contributed by atoms with E-state index in [9.17, 15) is 13.0 Å². The van der Waals surface area contributed by atoms with E-state index >= 15 is 0 Å². The van der Waals surface area contributed by atoms with E-state index in [1.807, 2.05) is 0 Å². The maximum atomic E-state index is 11.0. The normalized spacial score (nSPS) is 12.6. The molecule has 1 unspecified atom stereocenters. The van der Waals surface area contributed by atoms with E-state index in [2.05, 4.69) is 30.2 Å². The molecule has 276 valence electrons. The minimum Gasteiger partial charge on any atom is -0.726 e. The average molecular weight is 693 g/mol. The van der Waals surface area contributed by atoms with Crippen molar-refractivity contribution in [1.29, 1.82) is 0 Å². The van der Waals surface area contributed by atoms with Gasteiger partial charge >= 0.3 is 29.6 Å². The van der Waals surface area contributed by atoms with Gasteiger partial charge < -0.3 is 4.55 Å². The largest absolute Gasteiger partial charge is 1.00 e. The van der Waals surface area contributed by atoms with Gasteiger partial charge in [-0.15, -0.1) is 0 Å². The van der Waals surface area contributed by atoms with Crippen molar-refractivity contribution in [3.05, 3.63) is 12.2 Å². The molecule has 0 N–H and O–H groups in total. The molecule has 0 fully saturated rings. The van der Waals surface area contributed by atoms with Gasteiger partial charge in [0, 0.05) is 5.92 Å². The molecule has 4 nitrogen and oxygen atoms in total. The smallest absolute Gasteiger partial charge is 0.726 e. The monoisotopic (exact) mass is 693 g/mol. The second-order valence-electron chi connectivity index (χ2n) is 14.4.